The van der Waals surface area contributed by atoms with E-state index in [0.29, 0.717) is 17.2 Å². The minimum Gasteiger partial charge on any atom is -0.496 e. The molecule has 0 fully saturated rings. The van der Waals surface area contributed by atoms with Gasteiger partial charge in [0.2, 0.25) is 0 Å². The zero-order valence-electron chi connectivity index (χ0n) is 9.87. The summed E-state index contributed by atoms with van der Waals surface area (Å²) in [6, 6.07) is 2.94. The van der Waals surface area contributed by atoms with Gasteiger partial charge < -0.3 is 14.8 Å². The zero-order chi connectivity index (χ0) is 12.8. The van der Waals surface area contributed by atoms with Crippen molar-refractivity contribution >= 4 is 23.5 Å². The van der Waals surface area contributed by atoms with Crippen molar-refractivity contribution in [2.24, 2.45) is 5.84 Å². The van der Waals surface area contributed by atoms with Gasteiger partial charge in [-0.15, -0.1) is 11.8 Å². The van der Waals surface area contributed by atoms with Gasteiger partial charge in [0.1, 0.15) is 11.5 Å². The fourth-order valence-corrected chi connectivity index (χ4v) is 1.85. The molecule has 0 heterocycles. The number of amides is 2. The Balaban J connectivity index is 3.14. The first-order valence-corrected chi connectivity index (χ1v) is 5.96. The average molecular weight is 257 g/mol. The quantitative estimate of drug-likeness (QED) is 0.329. The van der Waals surface area contributed by atoms with Crippen molar-refractivity contribution in [2.45, 2.75) is 4.90 Å². The fraction of sp³-hybridized carbons (Fsp3) is 0.300. The summed E-state index contributed by atoms with van der Waals surface area (Å²) in [4.78, 5) is 12.1. The van der Waals surface area contributed by atoms with Crippen LogP contribution < -0.4 is 26.1 Å². The van der Waals surface area contributed by atoms with E-state index in [-0.39, 0.29) is 0 Å². The summed E-state index contributed by atoms with van der Waals surface area (Å²) in [6.45, 7) is 0. The van der Waals surface area contributed by atoms with E-state index in [1.54, 1.807) is 19.2 Å². The van der Waals surface area contributed by atoms with Crippen LogP contribution in [0, 0.1) is 0 Å². The van der Waals surface area contributed by atoms with Gasteiger partial charge in [0.15, 0.2) is 0 Å². The van der Waals surface area contributed by atoms with Crippen LogP contribution in [0.15, 0.2) is 17.0 Å². The number of benzene rings is 1. The molecule has 0 atom stereocenters. The Morgan fingerprint density at radius 3 is 2.41 bits per heavy atom. The zero-order valence-corrected chi connectivity index (χ0v) is 10.7. The lowest BCUT2D eigenvalue weighted by Crippen LogP contribution is -2.34. The lowest BCUT2D eigenvalue weighted by atomic mass is 10.2. The molecule has 17 heavy (non-hydrogen) atoms. The third-order valence-electron chi connectivity index (χ3n) is 2.08. The molecule has 1 aromatic rings. The number of thioether (sulfide) groups is 1. The van der Waals surface area contributed by atoms with E-state index < -0.39 is 6.03 Å². The van der Waals surface area contributed by atoms with Crippen LogP contribution in [0.4, 0.5) is 10.5 Å². The van der Waals surface area contributed by atoms with Gasteiger partial charge in [0.05, 0.1) is 24.8 Å². The smallest absolute Gasteiger partial charge is 0.333 e. The third kappa shape index (κ3) is 3.18. The Bertz CT molecular complexity index is 412. The number of nitrogens with two attached hydrogens (primary N) is 1. The molecule has 0 aliphatic rings. The summed E-state index contributed by atoms with van der Waals surface area (Å²) in [7, 11) is 3.09. The monoisotopic (exact) mass is 257 g/mol. The van der Waals surface area contributed by atoms with Gasteiger partial charge in [0.25, 0.3) is 0 Å². The molecular formula is C10H15N3O3S. The molecule has 7 heteroatoms. The molecule has 2 amide bonds. The van der Waals surface area contributed by atoms with E-state index >= 15 is 0 Å². The molecule has 0 saturated heterocycles. The minimum atomic E-state index is -0.526. The van der Waals surface area contributed by atoms with Crippen LogP contribution in [-0.4, -0.2) is 26.5 Å². The van der Waals surface area contributed by atoms with E-state index in [9.17, 15) is 4.79 Å². The molecule has 0 spiro atoms. The second-order valence-electron chi connectivity index (χ2n) is 3.01. The standard InChI is InChI=1S/C10H15N3O3S/c1-15-7-5-9(17-3)8(16-2)4-6(7)12-10(14)13-11/h4-5H,11H2,1-3H3,(H2,12,13,14). The Morgan fingerprint density at radius 1 is 1.29 bits per heavy atom. The number of hydrogen-bond donors (Lipinski definition) is 3. The van der Waals surface area contributed by atoms with Gasteiger partial charge in [-0.1, -0.05) is 0 Å². The Labute approximate surface area is 104 Å². The van der Waals surface area contributed by atoms with Gasteiger partial charge in [-0.05, 0) is 12.3 Å². The highest BCUT2D eigenvalue weighted by atomic mass is 32.2. The van der Waals surface area contributed by atoms with Crippen LogP contribution >= 0.6 is 11.8 Å². The molecule has 1 aromatic carbocycles. The number of carbonyl (C=O) groups excluding carboxylic acids is 1. The summed E-state index contributed by atoms with van der Waals surface area (Å²) in [5.41, 5.74) is 2.47. The van der Waals surface area contributed by atoms with E-state index in [0.717, 1.165) is 4.90 Å². The number of urea groups is 1. The van der Waals surface area contributed by atoms with Crippen LogP contribution in [0.5, 0.6) is 11.5 Å². The molecule has 0 aliphatic carbocycles. The van der Waals surface area contributed by atoms with Crippen LogP contribution in [0.2, 0.25) is 0 Å². The highest BCUT2D eigenvalue weighted by Crippen LogP contribution is 2.37. The maximum absolute atomic E-state index is 11.2. The molecule has 6 nitrogen and oxygen atoms in total. The average Bonchev–Trinajstić information content (AvgIpc) is 2.37. The van der Waals surface area contributed by atoms with Crippen molar-refractivity contribution in [1.82, 2.24) is 5.43 Å². The maximum Gasteiger partial charge on any atom is 0.333 e. The Hall–Kier alpha value is -1.60. The van der Waals surface area contributed by atoms with Crippen molar-refractivity contribution in [3.05, 3.63) is 12.1 Å². The van der Waals surface area contributed by atoms with Gasteiger partial charge in [-0.2, -0.15) is 0 Å². The van der Waals surface area contributed by atoms with E-state index in [1.807, 2.05) is 11.7 Å². The van der Waals surface area contributed by atoms with Crippen LogP contribution in [0.3, 0.4) is 0 Å². The van der Waals surface area contributed by atoms with Crippen LogP contribution in [0.25, 0.3) is 0 Å². The van der Waals surface area contributed by atoms with Gasteiger partial charge in [-0.3, -0.25) is 5.43 Å². The summed E-state index contributed by atoms with van der Waals surface area (Å²) >= 11 is 1.52. The predicted octanol–water partition coefficient (Wildman–Crippen LogP) is 1.42. The van der Waals surface area contributed by atoms with Crippen molar-refractivity contribution < 1.29 is 14.3 Å². The Kier molecular flexibility index (Phi) is 4.92. The maximum atomic E-state index is 11.2. The van der Waals surface area contributed by atoms with Gasteiger partial charge in [0, 0.05) is 6.07 Å². The number of rotatable bonds is 4. The predicted molar refractivity (Wildman–Crippen MR) is 67.7 cm³/mol. The molecule has 0 aliphatic heterocycles. The van der Waals surface area contributed by atoms with Crippen LogP contribution in [0.1, 0.15) is 0 Å². The number of anilines is 1. The third-order valence-corrected chi connectivity index (χ3v) is 2.84. The first-order chi connectivity index (χ1) is 8.15. The molecule has 4 N–H and O–H groups in total. The topological polar surface area (TPSA) is 85.6 Å². The highest BCUT2D eigenvalue weighted by Gasteiger charge is 2.12. The highest BCUT2D eigenvalue weighted by molar-refractivity contribution is 7.98. The molecular weight excluding hydrogens is 242 g/mol. The molecule has 0 aromatic heterocycles. The minimum absolute atomic E-state index is 0.491. The summed E-state index contributed by atoms with van der Waals surface area (Å²) in [6.07, 6.45) is 1.93. The van der Waals surface area contributed by atoms with Crippen molar-refractivity contribution in [2.75, 3.05) is 25.8 Å². The molecule has 94 valence electrons. The summed E-state index contributed by atoms with van der Waals surface area (Å²) < 4.78 is 10.4. The number of hydrazine groups is 1. The van der Waals surface area contributed by atoms with E-state index in [2.05, 4.69) is 5.32 Å². The first-order valence-electron chi connectivity index (χ1n) is 4.73. The lowest BCUT2D eigenvalue weighted by Gasteiger charge is -2.14. The second kappa shape index (κ2) is 6.21. The summed E-state index contributed by atoms with van der Waals surface area (Å²) in [5, 5.41) is 2.55. The summed E-state index contributed by atoms with van der Waals surface area (Å²) in [5.74, 6) is 6.20. The fourth-order valence-electron chi connectivity index (χ4n) is 1.29. The second-order valence-corrected chi connectivity index (χ2v) is 3.85. The van der Waals surface area contributed by atoms with Gasteiger partial charge in [-0.25, -0.2) is 10.6 Å². The van der Waals surface area contributed by atoms with Gasteiger partial charge >= 0.3 is 6.03 Å². The lowest BCUT2D eigenvalue weighted by molar-refractivity contribution is 0.252. The SMILES string of the molecule is COc1cc(SC)c(OC)cc1NC(=O)NN. The largest absolute Gasteiger partial charge is 0.496 e. The molecule has 0 radical (unpaired) electrons. The number of hydrogen-bond acceptors (Lipinski definition) is 5. The number of ether oxygens (including phenoxy) is 2. The molecule has 0 unspecified atom stereocenters. The molecule has 1 rings (SSSR count). The molecule has 0 bridgehead atoms. The normalized spacial score (nSPS) is 9.65. The van der Waals surface area contributed by atoms with Crippen molar-refractivity contribution in [1.29, 1.82) is 0 Å². The van der Waals surface area contributed by atoms with Crippen LogP contribution in [-0.2, 0) is 0 Å². The number of methoxy groups -OCH3 is 2. The van der Waals surface area contributed by atoms with Crippen molar-refractivity contribution in [3.8, 4) is 11.5 Å². The molecule has 0 saturated carbocycles. The first kappa shape index (κ1) is 13.5. The van der Waals surface area contributed by atoms with E-state index in [4.69, 9.17) is 15.3 Å². The Morgan fingerprint density at radius 2 is 1.94 bits per heavy atom. The van der Waals surface area contributed by atoms with Crippen molar-refractivity contribution in [3.63, 3.8) is 0 Å². The van der Waals surface area contributed by atoms with E-state index in [1.165, 1.54) is 18.9 Å². The number of nitrogens with one attached hydrogen (secondary N) is 2. The number of carbonyl (C=O) groups is 1.